The molecule has 0 amide bonds. The van der Waals surface area contributed by atoms with Gasteiger partial charge in [-0.05, 0) is 0 Å². The molecule has 0 bridgehead atoms. The third kappa shape index (κ3) is 23.5. The Morgan fingerprint density at radius 3 is 1.60 bits per heavy atom. The predicted octanol–water partition coefficient (Wildman–Crippen LogP) is -5.62. The van der Waals surface area contributed by atoms with Gasteiger partial charge in [0.25, 0.3) is 0 Å². The van der Waals surface area contributed by atoms with Gasteiger partial charge in [-0.1, -0.05) is 0 Å². The van der Waals surface area contributed by atoms with Crippen molar-refractivity contribution in [3.63, 3.8) is 0 Å². The molecule has 0 heterocycles. The van der Waals surface area contributed by atoms with Crippen LogP contribution in [0.3, 0.4) is 0 Å². The normalized spacial score (nSPS) is 4.20. The summed E-state index contributed by atoms with van der Waals surface area (Å²) in [5.74, 6) is 0. The molecule has 0 atom stereocenters. The smallest absolute Gasteiger partial charge is 1.00 e. The van der Waals surface area contributed by atoms with Crippen molar-refractivity contribution in [3.05, 3.63) is 0 Å². The van der Waals surface area contributed by atoms with E-state index in [-0.39, 0.29) is 70.6 Å². The van der Waals surface area contributed by atoms with Gasteiger partial charge < -0.3 is 2.85 Å². The molecule has 2 N–H and O–H groups in total. The Hall–Kier alpha value is 2.06. The minimum atomic E-state index is -0.333. The quantitative estimate of drug-likeness (QED) is 0.250. The summed E-state index contributed by atoms with van der Waals surface area (Å²) in [6.07, 6.45) is 0. The van der Waals surface area contributed by atoms with Gasteiger partial charge >= 0.3 is 59.1 Å². The van der Waals surface area contributed by atoms with Crippen molar-refractivity contribution in [2.75, 3.05) is 0 Å². The van der Waals surface area contributed by atoms with E-state index in [0.717, 1.165) is 0 Å². The molecular weight excluding hydrogens is 107 g/mol. The summed E-state index contributed by atoms with van der Waals surface area (Å²) >= 11 is 0. The topological polar surface area (TPSA) is 43.1 Å². The van der Waals surface area contributed by atoms with Gasteiger partial charge in [-0.3, -0.25) is 10.1 Å². The van der Waals surface area contributed by atoms with E-state index in [1.54, 1.807) is 0 Å². The van der Waals surface area contributed by atoms with Crippen LogP contribution in [0, 0.1) is 0 Å². The monoisotopic (exact) mass is 111 g/mol. The number of hydrogen-bond acceptors (Lipinski definition) is 1. The maximum atomic E-state index is 8.68. The van der Waals surface area contributed by atoms with Gasteiger partial charge in [0.2, 0.25) is 8.61 Å². The molecule has 0 radical (unpaired) electrons. The summed E-state index contributed by atoms with van der Waals surface area (Å²) < 4.78 is 8.68. The Kier molecular flexibility index (Phi) is 52.1. The molecule has 0 aromatic carbocycles. The predicted molar refractivity (Wildman–Crippen MR) is 14.0 cm³/mol. The SMILES string of the molecule is NP=O.[H-].[H-].[Na+].[Na+]. The Balaban J connectivity index is -0.00000000333. The summed E-state index contributed by atoms with van der Waals surface area (Å²) in [7, 11) is -0.333. The van der Waals surface area contributed by atoms with Crippen LogP contribution in [0.2, 0.25) is 0 Å². The summed E-state index contributed by atoms with van der Waals surface area (Å²) in [4.78, 5) is 0. The average Bonchev–Trinajstić information content (AvgIpc) is 0.918. The molecule has 0 aromatic rings. The minimum absolute atomic E-state index is 0. The van der Waals surface area contributed by atoms with Crippen LogP contribution in [-0.2, 0) is 4.57 Å². The molecular formula is H4NNa2OP. The zero-order valence-corrected chi connectivity index (χ0v) is 8.33. The van der Waals surface area contributed by atoms with Crippen LogP contribution in [0.25, 0.3) is 0 Å². The first-order chi connectivity index (χ1) is 1.41. The van der Waals surface area contributed by atoms with E-state index in [2.05, 4.69) is 5.50 Å². The molecule has 0 rings (SSSR count). The van der Waals surface area contributed by atoms with E-state index in [1.807, 2.05) is 0 Å². The average molecular weight is 111 g/mol. The van der Waals surface area contributed by atoms with Crippen molar-refractivity contribution < 1.29 is 66.5 Å². The largest absolute Gasteiger partial charge is 1.00 e. The van der Waals surface area contributed by atoms with Crippen LogP contribution in [0.4, 0.5) is 0 Å². The molecule has 2 nitrogen and oxygen atoms in total. The van der Waals surface area contributed by atoms with Crippen LogP contribution in [0.1, 0.15) is 2.85 Å². The van der Waals surface area contributed by atoms with E-state index in [9.17, 15) is 0 Å². The molecule has 5 heavy (non-hydrogen) atoms. The first kappa shape index (κ1) is 15.7. The van der Waals surface area contributed by atoms with Gasteiger partial charge in [0.05, 0.1) is 0 Å². The van der Waals surface area contributed by atoms with Crippen molar-refractivity contribution in [3.8, 4) is 0 Å². The van der Waals surface area contributed by atoms with Crippen molar-refractivity contribution in [1.82, 2.24) is 0 Å². The number of nitrogens with two attached hydrogens (primary N) is 1. The fourth-order valence-corrected chi connectivity index (χ4v) is 0. The Labute approximate surface area is 79.7 Å². The van der Waals surface area contributed by atoms with Crippen molar-refractivity contribution in [1.29, 1.82) is 0 Å². The summed E-state index contributed by atoms with van der Waals surface area (Å²) in [6.45, 7) is 0. The molecule has 0 aliphatic rings. The Morgan fingerprint density at radius 1 is 1.60 bits per heavy atom. The summed E-state index contributed by atoms with van der Waals surface area (Å²) in [5, 5.41) is 0. The molecule has 0 fully saturated rings. The molecule has 0 spiro atoms. The summed E-state index contributed by atoms with van der Waals surface area (Å²) in [5.41, 5.74) is 4.26. The van der Waals surface area contributed by atoms with Crippen LogP contribution in [-0.4, -0.2) is 0 Å². The van der Waals surface area contributed by atoms with Crippen LogP contribution >= 0.6 is 8.61 Å². The second-order valence-corrected chi connectivity index (χ2v) is 0.316. The fourth-order valence-electron chi connectivity index (χ4n) is 0. The Bertz CT molecular complexity index is 23.2. The van der Waals surface area contributed by atoms with Gasteiger partial charge in [0.1, 0.15) is 0 Å². The zero-order chi connectivity index (χ0) is 2.71. The fraction of sp³-hybridized carbons (Fsp3) is 0. The van der Waals surface area contributed by atoms with Gasteiger partial charge in [0, 0.05) is 0 Å². The van der Waals surface area contributed by atoms with Crippen LogP contribution in [0.5, 0.6) is 0 Å². The number of rotatable bonds is 0. The molecule has 5 heteroatoms. The molecule has 0 saturated carbocycles. The van der Waals surface area contributed by atoms with E-state index in [4.69, 9.17) is 4.57 Å². The van der Waals surface area contributed by atoms with E-state index < -0.39 is 0 Å². The Morgan fingerprint density at radius 2 is 1.60 bits per heavy atom. The van der Waals surface area contributed by atoms with Crippen molar-refractivity contribution >= 4 is 8.61 Å². The third-order valence-electron chi connectivity index (χ3n) is 0. The van der Waals surface area contributed by atoms with E-state index in [0.29, 0.717) is 0 Å². The first-order valence-corrected chi connectivity index (χ1v) is 1.32. The summed E-state index contributed by atoms with van der Waals surface area (Å²) in [6, 6.07) is 0. The third-order valence-corrected chi connectivity index (χ3v) is 0. The van der Waals surface area contributed by atoms with E-state index in [1.165, 1.54) is 0 Å². The van der Waals surface area contributed by atoms with Gasteiger partial charge in [-0.2, -0.15) is 0 Å². The molecule has 22 valence electrons. The van der Waals surface area contributed by atoms with E-state index >= 15 is 0 Å². The van der Waals surface area contributed by atoms with Gasteiger partial charge in [-0.15, -0.1) is 0 Å². The van der Waals surface area contributed by atoms with Crippen molar-refractivity contribution in [2.45, 2.75) is 0 Å². The van der Waals surface area contributed by atoms with Crippen molar-refractivity contribution in [2.24, 2.45) is 5.50 Å². The molecule has 0 aliphatic carbocycles. The van der Waals surface area contributed by atoms with Crippen LogP contribution in [0.15, 0.2) is 0 Å². The minimum Gasteiger partial charge on any atom is -1.00 e. The maximum Gasteiger partial charge on any atom is 1.00 e. The second-order valence-electron chi connectivity index (χ2n) is 0.105. The zero-order valence-electron chi connectivity index (χ0n) is 5.43. The van der Waals surface area contributed by atoms with Crippen LogP contribution < -0.4 is 64.6 Å². The molecule has 0 unspecified atom stereocenters. The molecule has 0 aromatic heterocycles. The molecule has 0 aliphatic heterocycles. The standard InChI is InChI=1S/H2NOP.2Na.2H/c1-3-2;;;;/h(H2,1,2);;;;/q;2*+1;2*-1. The van der Waals surface area contributed by atoms with Gasteiger partial charge in [-0.25, -0.2) is 0 Å². The first-order valence-electron chi connectivity index (χ1n) is 0.441. The van der Waals surface area contributed by atoms with Gasteiger partial charge in [0.15, 0.2) is 0 Å². The number of hydrogen-bond donors (Lipinski definition) is 1. The molecule has 0 saturated heterocycles. The maximum absolute atomic E-state index is 8.68. The second kappa shape index (κ2) is 16.6.